The van der Waals surface area contributed by atoms with E-state index in [2.05, 4.69) is 41.7 Å². The zero-order valence-corrected chi connectivity index (χ0v) is 27.1. The molecule has 0 spiro atoms. The molecule has 1 amide bonds. The van der Waals surface area contributed by atoms with Crippen LogP contribution in [-0.4, -0.2) is 78.3 Å². The van der Waals surface area contributed by atoms with Crippen LogP contribution in [0.3, 0.4) is 0 Å². The lowest BCUT2D eigenvalue weighted by Gasteiger charge is -2.19. The monoisotopic (exact) mass is 658 g/mol. The van der Waals surface area contributed by atoms with E-state index >= 15 is 0 Å². The van der Waals surface area contributed by atoms with Gasteiger partial charge in [-0.05, 0) is 65.7 Å². The fourth-order valence-corrected chi connectivity index (χ4v) is 4.86. The molecule has 0 aliphatic rings. The second kappa shape index (κ2) is 14.1. The lowest BCUT2D eigenvalue weighted by atomic mass is 10.1. The minimum atomic E-state index is -4.00. The highest BCUT2D eigenvalue weighted by atomic mass is 32.2. The number of carbonyl (C=O) groups excluding carboxylic acids is 1. The van der Waals surface area contributed by atoms with Gasteiger partial charge in [0.25, 0.3) is 5.91 Å². The number of nitrogens with one attached hydrogen (secondary N) is 3. The highest BCUT2D eigenvalue weighted by molar-refractivity contribution is 7.86. The number of hydrogen-bond acceptors (Lipinski definition) is 11. The number of hydrogen-bond donors (Lipinski definition) is 3. The van der Waals surface area contributed by atoms with Crippen LogP contribution in [0.4, 0.5) is 31.9 Å². The summed E-state index contributed by atoms with van der Waals surface area (Å²) in [5.41, 5.74) is 1.88. The molecule has 3 aromatic heterocycles. The Kier molecular flexibility index (Phi) is 10.4. The van der Waals surface area contributed by atoms with Gasteiger partial charge in [-0.2, -0.15) is 13.4 Å². The SMILES string of the molecule is C=C(OS(C)(=O)=O)C(=O)Nc1cc(Nc2nccc(-c3cn(C)c4cc(F)c(F)cc34)n2)c(OC(C)C)nc1NCCCN(C)C. The summed E-state index contributed by atoms with van der Waals surface area (Å²) < 4.78 is 63.5. The van der Waals surface area contributed by atoms with E-state index in [4.69, 9.17) is 4.74 Å². The molecular weight excluding hydrogens is 622 g/mol. The molecule has 0 aliphatic heterocycles. The molecule has 3 N–H and O–H groups in total. The van der Waals surface area contributed by atoms with Crippen molar-refractivity contribution in [2.45, 2.75) is 26.4 Å². The summed E-state index contributed by atoms with van der Waals surface area (Å²) in [6.07, 6.45) is 4.45. The van der Waals surface area contributed by atoms with Gasteiger partial charge in [0.1, 0.15) is 5.69 Å². The Morgan fingerprint density at radius 1 is 1.13 bits per heavy atom. The third-order valence-corrected chi connectivity index (χ3v) is 6.88. The van der Waals surface area contributed by atoms with E-state index in [0.717, 1.165) is 31.4 Å². The Morgan fingerprint density at radius 3 is 2.52 bits per heavy atom. The van der Waals surface area contributed by atoms with E-state index in [9.17, 15) is 22.0 Å². The summed E-state index contributed by atoms with van der Waals surface area (Å²) in [6.45, 7) is 8.32. The molecule has 0 bridgehead atoms. The van der Waals surface area contributed by atoms with Crippen molar-refractivity contribution in [2.24, 2.45) is 7.05 Å². The summed E-state index contributed by atoms with van der Waals surface area (Å²) in [5.74, 6) is -2.97. The molecule has 246 valence electrons. The van der Waals surface area contributed by atoms with E-state index < -0.39 is 33.4 Å². The molecular formula is C30H36F2N8O5S. The first-order valence-corrected chi connectivity index (χ1v) is 16.0. The molecule has 0 radical (unpaired) electrons. The predicted molar refractivity (Wildman–Crippen MR) is 173 cm³/mol. The largest absolute Gasteiger partial charge is 0.473 e. The van der Waals surface area contributed by atoms with Crippen molar-refractivity contribution < 1.29 is 30.9 Å². The van der Waals surface area contributed by atoms with Crippen LogP contribution in [0.5, 0.6) is 5.88 Å². The smallest absolute Gasteiger partial charge is 0.306 e. The average molecular weight is 659 g/mol. The second-order valence-electron chi connectivity index (χ2n) is 11.0. The van der Waals surface area contributed by atoms with Gasteiger partial charge in [-0.15, -0.1) is 0 Å². The number of aryl methyl sites for hydroxylation is 1. The number of halogens is 2. The highest BCUT2D eigenvalue weighted by Gasteiger charge is 2.21. The minimum absolute atomic E-state index is 0.112. The summed E-state index contributed by atoms with van der Waals surface area (Å²) >= 11 is 0. The maximum Gasteiger partial charge on any atom is 0.306 e. The number of rotatable bonds is 14. The second-order valence-corrected chi connectivity index (χ2v) is 12.6. The quantitative estimate of drug-likeness (QED) is 0.0753. The van der Waals surface area contributed by atoms with Crippen molar-refractivity contribution in [1.82, 2.24) is 24.4 Å². The van der Waals surface area contributed by atoms with Crippen LogP contribution in [0, 0.1) is 11.6 Å². The minimum Gasteiger partial charge on any atom is -0.473 e. The van der Waals surface area contributed by atoms with E-state index in [-0.39, 0.29) is 35.1 Å². The Labute approximate surface area is 265 Å². The molecule has 3 heterocycles. The third kappa shape index (κ3) is 8.66. The number of nitrogens with zero attached hydrogens (tertiary/aromatic N) is 5. The molecule has 13 nitrogen and oxygen atoms in total. The Hall–Kier alpha value is -4.83. The summed E-state index contributed by atoms with van der Waals surface area (Å²) in [7, 11) is 1.61. The molecule has 4 rings (SSSR count). The summed E-state index contributed by atoms with van der Waals surface area (Å²) in [6, 6.07) is 5.40. The summed E-state index contributed by atoms with van der Waals surface area (Å²) in [4.78, 5) is 28.4. The average Bonchev–Trinajstić information content (AvgIpc) is 3.26. The first-order chi connectivity index (χ1) is 21.6. The Bertz CT molecular complexity index is 1880. The van der Waals surface area contributed by atoms with Gasteiger partial charge < -0.3 is 34.3 Å². The highest BCUT2D eigenvalue weighted by Crippen LogP contribution is 2.35. The normalized spacial score (nSPS) is 11.6. The van der Waals surface area contributed by atoms with Gasteiger partial charge in [0.05, 0.1) is 29.3 Å². The molecule has 0 atom stereocenters. The Morgan fingerprint density at radius 2 is 1.85 bits per heavy atom. The lowest BCUT2D eigenvalue weighted by molar-refractivity contribution is -0.114. The van der Waals surface area contributed by atoms with Crippen molar-refractivity contribution in [3.05, 3.63) is 60.6 Å². The number of benzene rings is 1. The molecule has 0 saturated carbocycles. The van der Waals surface area contributed by atoms with Gasteiger partial charge in [0.2, 0.25) is 11.8 Å². The molecule has 16 heteroatoms. The first-order valence-electron chi connectivity index (χ1n) is 14.2. The summed E-state index contributed by atoms with van der Waals surface area (Å²) in [5, 5.41) is 9.30. The van der Waals surface area contributed by atoms with E-state index in [1.54, 1.807) is 23.9 Å². The van der Waals surface area contributed by atoms with Gasteiger partial charge in [-0.1, -0.05) is 0 Å². The van der Waals surface area contributed by atoms with Crippen LogP contribution in [0.1, 0.15) is 20.3 Å². The number of pyridine rings is 1. The maximum atomic E-state index is 14.2. The molecule has 0 saturated heterocycles. The van der Waals surface area contributed by atoms with Crippen LogP contribution in [0.25, 0.3) is 22.2 Å². The molecule has 46 heavy (non-hydrogen) atoms. The first kappa shape index (κ1) is 34.1. The zero-order valence-electron chi connectivity index (χ0n) is 26.3. The van der Waals surface area contributed by atoms with Gasteiger partial charge >= 0.3 is 10.1 Å². The van der Waals surface area contributed by atoms with Gasteiger partial charge in [0.15, 0.2) is 23.2 Å². The molecule has 0 aliphatic carbocycles. The van der Waals surface area contributed by atoms with Crippen molar-refractivity contribution in [3.63, 3.8) is 0 Å². The third-order valence-electron chi connectivity index (χ3n) is 6.37. The van der Waals surface area contributed by atoms with Gasteiger partial charge in [-0.25, -0.2) is 18.7 Å². The van der Waals surface area contributed by atoms with E-state index in [1.807, 2.05) is 32.8 Å². The zero-order chi connectivity index (χ0) is 33.8. The van der Waals surface area contributed by atoms with Crippen molar-refractivity contribution in [3.8, 4) is 17.1 Å². The van der Waals surface area contributed by atoms with Crippen molar-refractivity contribution >= 4 is 50.1 Å². The lowest BCUT2D eigenvalue weighted by Crippen LogP contribution is -2.21. The van der Waals surface area contributed by atoms with Crippen molar-refractivity contribution in [1.29, 1.82) is 0 Å². The molecule has 4 aromatic rings. The topological polar surface area (TPSA) is 153 Å². The standard InChI is InChI=1S/C30H36F2N8O5S/c1-17(2)44-29-25(15-24(27(38-29)33-10-8-12-39(4)5)35-28(41)18(3)45-46(7,42)43)37-30-34-11-9-23(36-30)20-16-40(6)26-14-22(32)21(31)13-19(20)26/h9,11,13-17H,3,8,10,12H2,1-2,4-7H3,(H,33,38)(H,35,41)(H,34,36,37). The Balaban J connectivity index is 1.73. The number of aromatic nitrogens is 4. The number of ether oxygens (including phenoxy) is 1. The number of amides is 1. The predicted octanol–water partition coefficient (Wildman–Crippen LogP) is 4.63. The van der Waals surface area contributed by atoms with E-state index in [0.29, 0.717) is 28.7 Å². The van der Waals surface area contributed by atoms with Crippen LogP contribution < -0.4 is 20.7 Å². The van der Waals surface area contributed by atoms with Gasteiger partial charge in [-0.3, -0.25) is 4.79 Å². The molecule has 0 unspecified atom stereocenters. The fourth-order valence-electron chi connectivity index (χ4n) is 4.41. The van der Waals surface area contributed by atoms with Crippen LogP contribution in [0.2, 0.25) is 0 Å². The maximum absolute atomic E-state index is 14.2. The van der Waals surface area contributed by atoms with E-state index in [1.165, 1.54) is 12.3 Å². The molecule has 0 fully saturated rings. The molecule has 1 aromatic carbocycles. The van der Waals surface area contributed by atoms with Gasteiger partial charge in [0, 0.05) is 43.0 Å². The number of anilines is 4. The fraction of sp³-hybridized carbons (Fsp3) is 0.333. The van der Waals surface area contributed by atoms with Crippen molar-refractivity contribution in [2.75, 3.05) is 49.4 Å². The van der Waals surface area contributed by atoms with Crippen LogP contribution in [-0.2, 0) is 26.1 Å². The van der Waals surface area contributed by atoms with Crippen LogP contribution in [0.15, 0.2) is 49.0 Å². The van der Waals surface area contributed by atoms with Crippen LogP contribution >= 0.6 is 0 Å². The number of fused-ring (bicyclic) bond motifs is 1. The number of carbonyl (C=O) groups is 1.